The lowest BCUT2D eigenvalue weighted by atomic mass is 10.3. The molecular formula is C16H19N3O3S. The Bertz CT molecular complexity index is 603. The Morgan fingerprint density at radius 3 is 2.96 bits per heavy atom. The molecule has 3 rings (SSSR count). The number of piperazine rings is 1. The highest BCUT2D eigenvalue weighted by molar-refractivity contribution is 7.09. The molecule has 3 heterocycles. The van der Waals surface area contributed by atoms with Crippen LogP contribution in [-0.2, 0) is 22.7 Å². The summed E-state index contributed by atoms with van der Waals surface area (Å²) in [5, 5.41) is 4.76. The van der Waals surface area contributed by atoms with E-state index in [0.29, 0.717) is 26.2 Å². The minimum absolute atomic E-state index is 0.0250. The second kappa shape index (κ2) is 7.43. The van der Waals surface area contributed by atoms with Crippen LogP contribution in [0.3, 0.4) is 0 Å². The van der Waals surface area contributed by atoms with Gasteiger partial charge in [0.2, 0.25) is 11.8 Å². The van der Waals surface area contributed by atoms with Gasteiger partial charge in [0.15, 0.2) is 0 Å². The Balaban J connectivity index is 1.64. The Morgan fingerprint density at radius 1 is 1.35 bits per heavy atom. The van der Waals surface area contributed by atoms with Crippen molar-refractivity contribution in [2.45, 2.75) is 13.1 Å². The third-order valence-corrected chi connectivity index (χ3v) is 4.53. The van der Waals surface area contributed by atoms with Crippen LogP contribution < -0.4 is 5.32 Å². The van der Waals surface area contributed by atoms with Gasteiger partial charge in [-0.25, -0.2) is 0 Å². The average Bonchev–Trinajstić information content (AvgIpc) is 3.21. The molecule has 1 saturated heterocycles. The summed E-state index contributed by atoms with van der Waals surface area (Å²) in [6.07, 6.45) is 1.63. The van der Waals surface area contributed by atoms with Gasteiger partial charge in [0.05, 0.1) is 25.9 Å². The summed E-state index contributed by atoms with van der Waals surface area (Å²) in [6, 6.07) is 7.80. The maximum Gasteiger partial charge on any atom is 0.239 e. The predicted molar refractivity (Wildman–Crippen MR) is 86.7 cm³/mol. The predicted octanol–water partition coefficient (Wildman–Crippen LogP) is 1.30. The van der Waals surface area contributed by atoms with E-state index in [1.165, 1.54) is 4.88 Å². The van der Waals surface area contributed by atoms with Crippen molar-refractivity contribution in [1.29, 1.82) is 0 Å². The fraction of sp³-hybridized carbons (Fsp3) is 0.375. The number of nitrogens with one attached hydrogen (secondary N) is 1. The van der Waals surface area contributed by atoms with Crippen LogP contribution in [0.2, 0.25) is 0 Å². The zero-order valence-electron chi connectivity index (χ0n) is 12.7. The van der Waals surface area contributed by atoms with Crippen LogP contribution in [0.4, 0.5) is 0 Å². The van der Waals surface area contributed by atoms with Crippen LogP contribution in [0.5, 0.6) is 0 Å². The first kappa shape index (κ1) is 15.8. The highest BCUT2D eigenvalue weighted by atomic mass is 32.1. The molecule has 0 bridgehead atoms. The molecule has 0 spiro atoms. The number of carbonyl (C=O) groups is 2. The Morgan fingerprint density at radius 2 is 2.26 bits per heavy atom. The van der Waals surface area contributed by atoms with Crippen LogP contribution in [0, 0.1) is 0 Å². The Labute approximate surface area is 138 Å². The van der Waals surface area contributed by atoms with Crippen molar-refractivity contribution in [3.8, 4) is 0 Å². The highest BCUT2D eigenvalue weighted by Crippen LogP contribution is 2.15. The fourth-order valence-electron chi connectivity index (χ4n) is 2.56. The van der Waals surface area contributed by atoms with Gasteiger partial charge < -0.3 is 14.6 Å². The van der Waals surface area contributed by atoms with Crippen molar-refractivity contribution in [3.05, 3.63) is 46.5 Å². The maximum absolute atomic E-state index is 12.5. The van der Waals surface area contributed by atoms with E-state index in [-0.39, 0.29) is 24.9 Å². The minimum atomic E-state index is -0.0968. The number of hydrogen-bond donors (Lipinski definition) is 1. The lowest BCUT2D eigenvalue weighted by Crippen LogP contribution is -2.52. The van der Waals surface area contributed by atoms with Gasteiger partial charge in [0, 0.05) is 24.5 Å². The fourth-order valence-corrected chi connectivity index (χ4v) is 3.30. The molecule has 1 N–H and O–H groups in total. The van der Waals surface area contributed by atoms with Gasteiger partial charge in [0.25, 0.3) is 0 Å². The molecule has 1 aliphatic rings. The van der Waals surface area contributed by atoms with Crippen molar-refractivity contribution in [2.24, 2.45) is 0 Å². The first-order valence-corrected chi connectivity index (χ1v) is 8.40. The van der Waals surface area contributed by atoms with Gasteiger partial charge in [-0.3, -0.25) is 14.5 Å². The number of rotatable bonds is 6. The number of carbonyl (C=O) groups excluding carboxylic acids is 2. The number of nitrogens with zero attached hydrogens (tertiary/aromatic N) is 2. The van der Waals surface area contributed by atoms with Crippen LogP contribution in [0.25, 0.3) is 0 Å². The zero-order chi connectivity index (χ0) is 16.1. The van der Waals surface area contributed by atoms with Crippen LogP contribution in [-0.4, -0.2) is 47.8 Å². The molecule has 6 nitrogen and oxygen atoms in total. The third-order valence-electron chi connectivity index (χ3n) is 3.67. The first-order valence-electron chi connectivity index (χ1n) is 7.52. The van der Waals surface area contributed by atoms with E-state index in [0.717, 1.165) is 5.76 Å². The van der Waals surface area contributed by atoms with Gasteiger partial charge in [-0.15, -0.1) is 11.3 Å². The van der Waals surface area contributed by atoms with Gasteiger partial charge in [-0.2, -0.15) is 0 Å². The summed E-state index contributed by atoms with van der Waals surface area (Å²) in [5.41, 5.74) is 0. The monoisotopic (exact) mass is 333 g/mol. The summed E-state index contributed by atoms with van der Waals surface area (Å²) < 4.78 is 5.40. The van der Waals surface area contributed by atoms with Gasteiger partial charge in [-0.1, -0.05) is 6.07 Å². The molecule has 0 radical (unpaired) electrons. The third kappa shape index (κ3) is 4.43. The van der Waals surface area contributed by atoms with Crippen molar-refractivity contribution < 1.29 is 14.0 Å². The summed E-state index contributed by atoms with van der Waals surface area (Å²) in [5.74, 6) is 0.703. The molecule has 2 amide bonds. The van der Waals surface area contributed by atoms with E-state index in [1.807, 2.05) is 28.5 Å². The van der Waals surface area contributed by atoms with E-state index < -0.39 is 0 Å². The second-order valence-electron chi connectivity index (χ2n) is 5.47. The molecule has 7 heteroatoms. The van der Waals surface area contributed by atoms with E-state index in [1.54, 1.807) is 22.5 Å². The lowest BCUT2D eigenvalue weighted by molar-refractivity contribution is -0.139. The molecule has 1 aliphatic heterocycles. The van der Waals surface area contributed by atoms with Crippen LogP contribution in [0.15, 0.2) is 40.3 Å². The van der Waals surface area contributed by atoms with Crippen molar-refractivity contribution >= 4 is 23.2 Å². The molecule has 122 valence electrons. The highest BCUT2D eigenvalue weighted by Gasteiger charge is 2.23. The summed E-state index contributed by atoms with van der Waals surface area (Å²) in [7, 11) is 0. The first-order chi connectivity index (χ1) is 11.2. The van der Waals surface area contributed by atoms with E-state index in [9.17, 15) is 9.59 Å². The van der Waals surface area contributed by atoms with Crippen LogP contribution in [0.1, 0.15) is 10.6 Å². The molecule has 0 aliphatic carbocycles. The normalized spacial score (nSPS) is 15.0. The van der Waals surface area contributed by atoms with E-state index in [4.69, 9.17) is 4.42 Å². The summed E-state index contributed by atoms with van der Waals surface area (Å²) in [4.78, 5) is 28.8. The van der Waals surface area contributed by atoms with E-state index in [2.05, 4.69) is 11.4 Å². The summed E-state index contributed by atoms with van der Waals surface area (Å²) in [6.45, 7) is 2.75. The van der Waals surface area contributed by atoms with Gasteiger partial charge in [0.1, 0.15) is 5.76 Å². The van der Waals surface area contributed by atoms with Crippen molar-refractivity contribution in [2.75, 3.05) is 26.2 Å². The number of thiophene rings is 1. The zero-order valence-corrected chi connectivity index (χ0v) is 13.6. The quantitative estimate of drug-likeness (QED) is 0.865. The van der Waals surface area contributed by atoms with Gasteiger partial charge in [-0.05, 0) is 23.6 Å². The molecule has 0 atom stereocenters. The smallest absolute Gasteiger partial charge is 0.239 e. The molecule has 0 aromatic carbocycles. The van der Waals surface area contributed by atoms with Crippen molar-refractivity contribution in [1.82, 2.24) is 15.1 Å². The molecule has 1 fully saturated rings. The lowest BCUT2D eigenvalue weighted by Gasteiger charge is -2.29. The Hall–Kier alpha value is -2.12. The molecule has 2 aromatic rings. The van der Waals surface area contributed by atoms with Crippen LogP contribution >= 0.6 is 11.3 Å². The van der Waals surface area contributed by atoms with Crippen molar-refractivity contribution in [3.63, 3.8) is 0 Å². The number of amides is 2. The number of furan rings is 1. The van der Waals surface area contributed by atoms with Gasteiger partial charge >= 0.3 is 0 Å². The largest absolute Gasteiger partial charge is 0.468 e. The van der Waals surface area contributed by atoms with E-state index >= 15 is 0 Å². The molecule has 23 heavy (non-hydrogen) atoms. The second-order valence-corrected chi connectivity index (χ2v) is 6.50. The minimum Gasteiger partial charge on any atom is -0.468 e. The average molecular weight is 333 g/mol. The number of hydrogen-bond acceptors (Lipinski definition) is 5. The molecule has 0 saturated carbocycles. The standard InChI is InChI=1S/C16H19N3O3S/c20-15-11-19(6-5-17-15)16(21)12-18(9-13-3-1-7-22-13)10-14-4-2-8-23-14/h1-4,7-8H,5-6,9-12H2,(H,17,20). The topological polar surface area (TPSA) is 65.8 Å². The summed E-state index contributed by atoms with van der Waals surface area (Å²) >= 11 is 1.67. The maximum atomic E-state index is 12.5. The molecular weight excluding hydrogens is 314 g/mol. The molecule has 2 aromatic heterocycles. The SMILES string of the molecule is O=C1CN(C(=O)CN(Cc2ccco2)Cc2cccs2)CCN1. The molecule has 0 unspecified atom stereocenters. The Kier molecular flexibility index (Phi) is 5.09.